The minimum absolute atomic E-state index is 0.200. The average molecular weight is 211 g/mol. The van der Waals surface area contributed by atoms with Gasteiger partial charge < -0.3 is 0 Å². The maximum Gasteiger partial charge on any atom is 0.0973 e. The number of nitrogens with one attached hydrogen (secondary N) is 1. The van der Waals surface area contributed by atoms with E-state index in [1.807, 2.05) is 51.1 Å². The molecule has 0 aliphatic carbocycles. The molecule has 1 N–H and O–H groups in total. The zero-order valence-corrected chi connectivity index (χ0v) is 9.73. The van der Waals surface area contributed by atoms with E-state index < -0.39 is 11.0 Å². The second-order valence-corrected chi connectivity index (χ2v) is 6.24. The smallest absolute Gasteiger partial charge is 0.0973 e. The second-order valence-electron chi connectivity index (χ2n) is 4.19. The summed E-state index contributed by atoms with van der Waals surface area (Å²) in [7, 11) is -0.988. The lowest BCUT2D eigenvalue weighted by Gasteiger charge is -2.17. The predicted molar refractivity (Wildman–Crippen MR) is 61.2 cm³/mol. The molecule has 0 unspecified atom stereocenters. The lowest BCUT2D eigenvalue weighted by molar-refractivity contribution is 0.635. The first-order valence-electron chi connectivity index (χ1n) is 4.69. The highest BCUT2D eigenvalue weighted by Gasteiger charge is 2.18. The Kier molecular flexibility index (Phi) is 3.84. The van der Waals surface area contributed by atoms with Gasteiger partial charge in [-0.15, -0.1) is 0 Å². The van der Waals surface area contributed by atoms with Crippen molar-refractivity contribution < 1.29 is 4.21 Å². The lowest BCUT2D eigenvalue weighted by Crippen LogP contribution is -2.32. The Balaban J connectivity index is 2.46. The van der Waals surface area contributed by atoms with E-state index in [0.29, 0.717) is 6.54 Å². The summed E-state index contributed by atoms with van der Waals surface area (Å²) in [5.74, 6) is 0. The summed E-state index contributed by atoms with van der Waals surface area (Å²) in [6.07, 6.45) is 0. The van der Waals surface area contributed by atoms with Crippen LogP contribution in [0.15, 0.2) is 30.3 Å². The highest BCUT2D eigenvalue weighted by Crippen LogP contribution is 2.09. The van der Waals surface area contributed by atoms with Crippen LogP contribution < -0.4 is 4.72 Å². The number of hydrogen-bond acceptors (Lipinski definition) is 1. The van der Waals surface area contributed by atoms with Crippen molar-refractivity contribution in [3.63, 3.8) is 0 Å². The molecule has 0 aromatic heterocycles. The Bertz CT molecular complexity index is 303. The largest absolute Gasteiger partial charge is 0.242 e. The zero-order chi connectivity index (χ0) is 10.6. The van der Waals surface area contributed by atoms with Gasteiger partial charge in [-0.3, -0.25) is 0 Å². The van der Waals surface area contributed by atoms with Crippen LogP contribution in [0.5, 0.6) is 0 Å². The Morgan fingerprint density at radius 1 is 1.21 bits per heavy atom. The maximum absolute atomic E-state index is 11.6. The molecular weight excluding hydrogens is 194 g/mol. The molecule has 14 heavy (non-hydrogen) atoms. The molecule has 0 saturated heterocycles. The Labute approximate surface area is 88.3 Å². The van der Waals surface area contributed by atoms with Gasteiger partial charge in [0, 0.05) is 6.54 Å². The quantitative estimate of drug-likeness (QED) is 0.816. The van der Waals surface area contributed by atoms with Gasteiger partial charge in [0.05, 0.1) is 15.7 Å². The molecule has 3 heteroatoms. The van der Waals surface area contributed by atoms with Crippen LogP contribution in [-0.4, -0.2) is 8.96 Å². The van der Waals surface area contributed by atoms with Gasteiger partial charge in [0.25, 0.3) is 0 Å². The molecule has 1 atom stereocenters. The van der Waals surface area contributed by atoms with Crippen LogP contribution in [-0.2, 0) is 17.5 Å². The van der Waals surface area contributed by atoms with Crippen molar-refractivity contribution in [3.05, 3.63) is 35.9 Å². The standard InChI is InChI=1S/C11H17NOS/c1-11(2,3)14(13)12-9-10-7-5-4-6-8-10/h4-8,12H,9H2,1-3H3/t14-/m0/s1. The topological polar surface area (TPSA) is 29.1 Å². The Morgan fingerprint density at radius 2 is 1.79 bits per heavy atom. The summed E-state index contributed by atoms with van der Waals surface area (Å²) in [5, 5.41) is 0. The summed E-state index contributed by atoms with van der Waals surface area (Å²) < 4.78 is 14.4. The minimum atomic E-state index is -0.988. The summed E-state index contributed by atoms with van der Waals surface area (Å²) in [5.41, 5.74) is 1.16. The van der Waals surface area contributed by atoms with Gasteiger partial charge >= 0.3 is 0 Å². The lowest BCUT2D eigenvalue weighted by atomic mass is 10.2. The molecule has 0 amide bonds. The molecule has 0 fully saturated rings. The van der Waals surface area contributed by atoms with Crippen molar-refractivity contribution in [1.82, 2.24) is 4.72 Å². The van der Waals surface area contributed by atoms with Crippen LogP contribution in [0.3, 0.4) is 0 Å². The van der Waals surface area contributed by atoms with Crippen molar-refractivity contribution >= 4 is 11.0 Å². The van der Waals surface area contributed by atoms with Crippen LogP contribution >= 0.6 is 0 Å². The average Bonchev–Trinajstić information content (AvgIpc) is 2.14. The highest BCUT2D eigenvalue weighted by atomic mass is 32.2. The molecule has 0 heterocycles. The van der Waals surface area contributed by atoms with Crippen LogP contribution in [0.2, 0.25) is 0 Å². The Morgan fingerprint density at radius 3 is 2.29 bits per heavy atom. The minimum Gasteiger partial charge on any atom is -0.242 e. The summed E-state index contributed by atoms with van der Waals surface area (Å²) >= 11 is 0. The fourth-order valence-corrected chi connectivity index (χ4v) is 1.69. The van der Waals surface area contributed by atoms with Gasteiger partial charge in [0.2, 0.25) is 0 Å². The van der Waals surface area contributed by atoms with E-state index in [0.717, 1.165) is 5.56 Å². The zero-order valence-electron chi connectivity index (χ0n) is 8.91. The molecular formula is C11H17NOS. The van der Waals surface area contributed by atoms with E-state index >= 15 is 0 Å². The Hall–Kier alpha value is -0.670. The van der Waals surface area contributed by atoms with Gasteiger partial charge in [0.1, 0.15) is 0 Å². The molecule has 0 saturated carbocycles. The molecule has 0 radical (unpaired) electrons. The molecule has 78 valence electrons. The van der Waals surface area contributed by atoms with Gasteiger partial charge in [-0.2, -0.15) is 0 Å². The molecule has 0 bridgehead atoms. The highest BCUT2D eigenvalue weighted by molar-refractivity contribution is 7.84. The SMILES string of the molecule is CC(C)(C)[S@](=O)NCc1ccccc1. The van der Waals surface area contributed by atoms with Crippen molar-refractivity contribution in [1.29, 1.82) is 0 Å². The fourth-order valence-electron chi connectivity index (χ4n) is 0.961. The first-order chi connectivity index (χ1) is 6.50. The van der Waals surface area contributed by atoms with E-state index in [2.05, 4.69) is 4.72 Å². The molecule has 0 spiro atoms. The molecule has 1 rings (SSSR count). The molecule has 0 aliphatic rings. The first kappa shape index (κ1) is 11.4. The summed E-state index contributed by atoms with van der Waals surface area (Å²) in [6.45, 7) is 6.54. The second kappa shape index (κ2) is 4.71. The van der Waals surface area contributed by atoms with Gasteiger partial charge in [0.15, 0.2) is 0 Å². The van der Waals surface area contributed by atoms with Gasteiger partial charge in [-0.05, 0) is 26.3 Å². The normalized spacial score (nSPS) is 13.9. The van der Waals surface area contributed by atoms with Crippen LogP contribution in [0.1, 0.15) is 26.3 Å². The van der Waals surface area contributed by atoms with Crippen molar-refractivity contribution in [2.45, 2.75) is 32.1 Å². The fraction of sp³-hybridized carbons (Fsp3) is 0.455. The molecule has 0 aliphatic heterocycles. The third-order valence-corrected chi connectivity index (χ3v) is 3.33. The van der Waals surface area contributed by atoms with Gasteiger partial charge in [-0.25, -0.2) is 8.93 Å². The molecule has 1 aromatic carbocycles. The van der Waals surface area contributed by atoms with E-state index in [1.54, 1.807) is 0 Å². The summed E-state index contributed by atoms with van der Waals surface area (Å²) in [4.78, 5) is 0. The van der Waals surface area contributed by atoms with Crippen molar-refractivity contribution in [2.75, 3.05) is 0 Å². The van der Waals surface area contributed by atoms with E-state index in [9.17, 15) is 4.21 Å². The number of benzene rings is 1. The van der Waals surface area contributed by atoms with Crippen LogP contribution in [0.25, 0.3) is 0 Å². The monoisotopic (exact) mass is 211 g/mol. The van der Waals surface area contributed by atoms with E-state index in [-0.39, 0.29) is 4.75 Å². The van der Waals surface area contributed by atoms with Crippen LogP contribution in [0.4, 0.5) is 0 Å². The number of hydrogen-bond donors (Lipinski definition) is 1. The molecule has 1 aromatic rings. The van der Waals surface area contributed by atoms with Crippen molar-refractivity contribution in [3.8, 4) is 0 Å². The van der Waals surface area contributed by atoms with E-state index in [1.165, 1.54) is 0 Å². The van der Waals surface area contributed by atoms with E-state index in [4.69, 9.17) is 0 Å². The molecule has 2 nitrogen and oxygen atoms in total. The predicted octanol–water partition coefficient (Wildman–Crippen LogP) is 2.24. The third-order valence-electron chi connectivity index (χ3n) is 1.81. The summed E-state index contributed by atoms with van der Waals surface area (Å²) in [6, 6.07) is 9.98. The van der Waals surface area contributed by atoms with Crippen LogP contribution in [0, 0.1) is 0 Å². The maximum atomic E-state index is 11.6. The number of rotatable bonds is 3. The van der Waals surface area contributed by atoms with Gasteiger partial charge in [-0.1, -0.05) is 30.3 Å². The first-order valence-corrected chi connectivity index (χ1v) is 5.84. The third kappa shape index (κ3) is 3.60. The van der Waals surface area contributed by atoms with Crippen molar-refractivity contribution in [2.24, 2.45) is 0 Å².